The van der Waals surface area contributed by atoms with Gasteiger partial charge in [-0.1, -0.05) is 30.7 Å². The fraction of sp³-hybridized carbons (Fsp3) is 0.667. The van der Waals surface area contributed by atoms with E-state index in [4.69, 9.17) is 20.7 Å². The molecule has 25 heavy (non-hydrogen) atoms. The zero-order chi connectivity index (χ0) is 18.5. The highest BCUT2D eigenvalue weighted by Gasteiger charge is 2.20. The SMILES string of the molecule is CC(=O)O.NCC1CCC(Cc2ccc(CCCCCO)cc2)CC1. The van der Waals surface area contributed by atoms with Gasteiger partial charge in [0.2, 0.25) is 0 Å². The summed E-state index contributed by atoms with van der Waals surface area (Å²) in [7, 11) is 0. The number of aryl methyl sites for hydroxylation is 1. The van der Waals surface area contributed by atoms with Crippen molar-refractivity contribution in [2.75, 3.05) is 13.2 Å². The van der Waals surface area contributed by atoms with E-state index in [1.165, 1.54) is 49.7 Å². The molecule has 0 amide bonds. The van der Waals surface area contributed by atoms with Gasteiger partial charge in [0.15, 0.2) is 0 Å². The summed E-state index contributed by atoms with van der Waals surface area (Å²) in [6.45, 7) is 2.28. The molecule has 0 unspecified atom stereocenters. The van der Waals surface area contributed by atoms with Crippen molar-refractivity contribution in [1.82, 2.24) is 0 Å². The number of hydrogen-bond donors (Lipinski definition) is 3. The van der Waals surface area contributed by atoms with E-state index in [0.717, 1.165) is 44.6 Å². The second-order valence-electron chi connectivity index (χ2n) is 7.20. The molecule has 1 aliphatic carbocycles. The van der Waals surface area contributed by atoms with E-state index in [1.54, 1.807) is 0 Å². The van der Waals surface area contributed by atoms with Gasteiger partial charge in [0.1, 0.15) is 0 Å². The van der Waals surface area contributed by atoms with E-state index in [1.807, 2.05) is 0 Å². The lowest BCUT2D eigenvalue weighted by molar-refractivity contribution is -0.134. The molecule has 2 rings (SSSR count). The van der Waals surface area contributed by atoms with Gasteiger partial charge in [0, 0.05) is 13.5 Å². The van der Waals surface area contributed by atoms with Crippen molar-refractivity contribution in [3.8, 4) is 0 Å². The summed E-state index contributed by atoms with van der Waals surface area (Å²) >= 11 is 0. The Morgan fingerprint density at radius 1 is 1.00 bits per heavy atom. The number of aliphatic hydroxyl groups is 1. The first kappa shape index (κ1) is 21.7. The number of benzene rings is 1. The Morgan fingerprint density at radius 2 is 1.52 bits per heavy atom. The molecule has 0 bridgehead atoms. The molecule has 0 saturated heterocycles. The topological polar surface area (TPSA) is 83.5 Å². The maximum Gasteiger partial charge on any atom is 0.300 e. The lowest BCUT2D eigenvalue weighted by atomic mass is 9.79. The van der Waals surface area contributed by atoms with Crippen molar-refractivity contribution in [1.29, 1.82) is 0 Å². The Morgan fingerprint density at radius 3 is 2.04 bits per heavy atom. The summed E-state index contributed by atoms with van der Waals surface area (Å²) < 4.78 is 0. The number of carbonyl (C=O) groups is 1. The molecule has 0 aliphatic heterocycles. The van der Waals surface area contributed by atoms with Crippen molar-refractivity contribution in [3.63, 3.8) is 0 Å². The van der Waals surface area contributed by atoms with Crippen molar-refractivity contribution in [3.05, 3.63) is 35.4 Å². The summed E-state index contributed by atoms with van der Waals surface area (Å²) in [5.41, 5.74) is 8.69. The molecule has 1 aliphatic rings. The Hall–Kier alpha value is -1.39. The fourth-order valence-corrected chi connectivity index (χ4v) is 3.46. The smallest absolute Gasteiger partial charge is 0.300 e. The summed E-state index contributed by atoms with van der Waals surface area (Å²) in [6, 6.07) is 9.21. The minimum Gasteiger partial charge on any atom is -0.481 e. The molecule has 0 radical (unpaired) electrons. The number of unbranched alkanes of at least 4 members (excludes halogenated alkanes) is 2. The molecular formula is C21H35NO3. The van der Waals surface area contributed by atoms with E-state index in [2.05, 4.69) is 24.3 Å². The van der Waals surface area contributed by atoms with Gasteiger partial charge in [0.25, 0.3) is 5.97 Å². The van der Waals surface area contributed by atoms with Crippen LogP contribution >= 0.6 is 0 Å². The van der Waals surface area contributed by atoms with E-state index >= 15 is 0 Å². The van der Waals surface area contributed by atoms with Crippen LogP contribution in [-0.2, 0) is 17.6 Å². The molecule has 0 spiro atoms. The Kier molecular flexibility index (Phi) is 11.2. The van der Waals surface area contributed by atoms with E-state index in [0.29, 0.717) is 6.61 Å². The van der Waals surface area contributed by atoms with Gasteiger partial charge >= 0.3 is 0 Å². The third-order valence-corrected chi connectivity index (χ3v) is 4.97. The normalized spacial score (nSPS) is 19.8. The van der Waals surface area contributed by atoms with Crippen LogP contribution in [0.15, 0.2) is 24.3 Å². The molecule has 142 valence electrons. The lowest BCUT2D eigenvalue weighted by Crippen LogP contribution is -2.22. The van der Waals surface area contributed by atoms with Crippen LogP contribution in [-0.4, -0.2) is 29.3 Å². The summed E-state index contributed by atoms with van der Waals surface area (Å²) in [5, 5.41) is 16.2. The molecule has 4 nitrogen and oxygen atoms in total. The molecule has 0 aromatic heterocycles. The molecule has 0 atom stereocenters. The first-order valence-corrected chi connectivity index (χ1v) is 9.63. The number of aliphatic hydroxyl groups excluding tert-OH is 1. The monoisotopic (exact) mass is 349 g/mol. The second-order valence-corrected chi connectivity index (χ2v) is 7.20. The van der Waals surface area contributed by atoms with Gasteiger partial charge in [0.05, 0.1) is 0 Å². The van der Waals surface area contributed by atoms with E-state index in [9.17, 15) is 0 Å². The molecule has 4 heteroatoms. The van der Waals surface area contributed by atoms with Crippen molar-refractivity contribution in [2.45, 2.75) is 64.7 Å². The average Bonchev–Trinajstić information content (AvgIpc) is 2.60. The van der Waals surface area contributed by atoms with Gasteiger partial charge in [-0.25, -0.2) is 0 Å². The van der Waals surface area contributed by atoms with Crippen LogP contribution in [0.3, 0.4) is 0 Å². The second kappa shape index (κ2) is 12.9. The van der Waals surface area contributed by atoms with Crippen molar-refractivity contribution in [2.24, 2.45) is 17.6 Å². The van der Waals surface area contributed by atoms with Crippen LogP contribution in [0, 0.1) is 11.8 Å². The van der Waals surface area contributed by atoms with Gasteiger partial charge in [-0.2, -0.15) is 0 Å². The van der Waals surface area contributed by atoms with Gasteiger partial charge < -0.3 is 15.9 Å². The van der Waals surface area contributed by atoms with Crippen LogP contribution in [0.25, 0.3) is 0 Å². The van der Waals surface area contributed by atoms with E-state index < -0.39 is 5.97 Å². The van der Waals surface area contributed by atoms with Crippen molar-refractivity contribution < 1.29 is 15.0 Å². The third kappa shape index (κ3) is 10.3. The number of nitrogens with two attached hydrogens (primary N) is 1. The molecular weight excluding hydrogens is 314 g/mol. The maximum absolute atomic E-state index is 9.00. The molecule has 1 fully saturated rings. The quantitative estimate of drug-likeness (QED) is 0.624. The molecule has 1 aromatic rings. The minimum absolute atomic E-state index is 0.325. The number of carboxylic acids is 1. The zero-order valence-electron chi connectivity index (χ0n) is 15.6. The lowest BCUT2D eigenvalue weighted by Gasteiger charge is -2.27. The Labute approximate surface area is 152 Å². The van der Waals surface area contributed by atoms with Gasteiger partial charge in [-0.3, -0.25) is 4.79 Å². The largest absolute Gasteiger partial charge is 0.481 e. The maximum atomic E-state index is 9.00. The highest BCUT2D eigenvalue weighted by atomic mass is 16.4. The molecule has 1 saturated carbocycles. The van der Waals surface area contributed by atoms with Crippen LogP contribution in [0.5, 0.6) is 0 Å². The Bertz CT molecular complexity index is 461. The third-order valence-electron chi connectivity index (χ3n) is 4.97. The first-order valence-electron chi connectivity index (χ1n) is 9.63. The highest BCUT2D eigenvalue weighted by Crippen LogP contribution is 2.30. The highest BCUT2D eigenvalue weighted by molar-refractivity contribution is 5.62. The zero-order valence-corrected chi connectivity index (χ0v) is 15.6. The van der Waals surface area contributed by atoms with Gasteiger partial charge in [-0.15, -0.1) is 0 Å². The average molecular weight is 350 g/mol. The van der Waals surface area contributed by atoms with Crippen LogP contribution < -0.4 is 5.73 Å². The molecule has 0 heterocycles. The molecule has 4 N–H and O–H groups in total. The predicted molar refractivity (Wildman–Crippen MR) is 103 cm³/mol. The fourth-order valence-electron chi connectivity index (χ4n) is 3.46. The van der Waals surface area contributed by atoms with E-state index in [-0.39, 0.29) is 0 Å². The number of carboxylic acid groups (broad SMARTS) is 1. The Balaban J connectivity index is 0.000000705. The van der Waals surface area contributed by atoms with Crippen LogP contribution in [0.1, 0.15) is 63.0 Å². The standard InChI is InChI=1S/C19H31NO.C2H4O2/c20-15-19-11-9-18(10-12-19)14-17-7-5-16(6-8-17)4-2-1-3-13-21;1-2(3)4/h5-8,18-19,21H,1-4,9-15,20H2;1H3,(H,3,4). The summed E-state index contributed by atoms with van der Waals surface area (Å²) in [5.74, 6) is 0.811. The summed E-state index contributed by atoms with van der Waals surface area (Å²) in [4.78, 5) is 9.00. The molecule has 1 aromatic carbocycles. The first-order chi connectivity index (χ1) is 12.0. The van der Waals surface area contributed by atoms with Crippen LogP contribution in [0.2, 0.25) is 0 Å². The number of hydrogen-bond acceptors (Lipinski definition) is 3. The number of rotatable bonds is 8. The summed E-state index contributed by atoms with van der Waals surface area (Å²) in [6.07, 6.45) is 11.0. The number of aliphatic carboxylic acids is 1. The van der Waals surface area contributed by atoms with Gasteiger partial charge in [-0.05, 0) is 80.9 Å². The predicted octanol–water partition coefficient (Wildman–Crippen LogP) is 3.79. The van der Waals surface area contributed by atoms with Crippen molar-refractivity contribution >= 4 is 5.97 Å². The van der Waals surface area contributed by atoms with Crippen LogP contribution in [0.4, 0.5) is 0 Å². The minimum atomic E-state index is -0.833.